The van der Waals surface area contributed by atoms with Gasteiger partial charge in [-0.1, -0.05) is 67.0 Å². The average molecular weight is 459 g/mol. The van der Waals surface area contributed by atoms with Gasteiger partial charge in [-0.2, -0.15) is 0 Å². The molecule has 0 saturated heterocycles. The Balaban J connectivity index is 0.00000126. The molecule has 2 nitrogen and oxygen atoms in total. The maximum Gasteiger partial charge on any atom is 0.0568 e. The fraction of sp³-hybridized carbons (Fsp3) is 0.935. The second-order valence-electron chi connectivity index (χ2n) is 14.3. The fourth-order valence-corrected chi connectivity index (χ4v) is 10.2. The van der Waals surface area contributed by atoms with Crippen molar-refractivity contribution in [2.75, 3.05) is 6.61 Å². The third-order valence-electron chi connectivity index (χ3n) is 12.7. The van der Waals surface area contributed by atoms with Gasteiger partial charge in [-0.05, 0) is 110 Å². The Morgan fingerprint density at radius 3 is 2.24 bits per heavy atom. The van der Waals surface area contributed by atoms with Gasteiger partial charge in [-0.25, -0.2) is 0 Å². The Hall–Kier alpha value is -0.340. The van der Waals surface area contributed by atoms with Crippen LogP contribution in [-0.4, -0.2) is 22.9 Å². The van der Waals surface area contributed by atoms with E-state index in [9.17, 15) is 10.2 Å². The number of allylic oxidation sites excluding steroid dienone is 2. The highest BCUT2D eigenvalue weighted by Crippen LogP contribution is 2.74. The van der Waals surface area contributed by atoms with Gasteiger partial charge in [0, 0.05) is 12.0 Å². The summed E-state index contributed by atoms with van der Waals surface area (Å²) < 4.78 is 0. The zero-order valence-corrected chi connectivity index (χ0v) is 23.1. The molecule has 9 atom stereocenters. The largest absolute Gasteiger partial charge is 0.396 e. The van der Waals surface area contributed by atoms with Crippen LogP contribution < -0.4 is 0 Å². The molecule has 0 radical (unpaired) electrons. The van der Waals surface area contributed by atoms with Crippen LogP contribution in [0.25, 0.3) is 0 Å². The van der Waals surface area contributed by atoms with Crippen molar-refractivity contribution in [3.8, 4) is 0 Å². The van der Waals surface area contributed by atoms with Crippen LogP contribution in [0.3, 0.4) is 0 Å². The fourth-order valence-electron chi connectivity index (χ4n) is 10.2. The second-order valence-corrected chi connectivity index (χ2v) is 14.3. The average Bonchev–Trinajstić information content (AvgIpc) is 2.78. The Bertz CT molecular complexity index is 769. The summed E-state index contributed by atoms with van der Waals surface area (Å²) >= 11 is 0. The van der Waals surface area contributed by atoms with Crippen LogP contribution in [0.4, 0.5) is 0 Å². The summed E-state index contributed by atoms with van der Waals surface area (Å²) in [5.74, 6) is 2.40. The molecule has 0 aliphatic heterocycles. The van der Waals surface area contributed by atoms with Crippen molar-refractivity contribution in [1.82, 2.24) is 0 Å². The minimum Gasteiger partial charge on any atom is -0.396 e. The smallest absolute Gasteiger partial charge is 0.0568 e. The third-order valence-corrected chi connectivity index (χ3v) is 12.7. The van der Waals surface area contributed by atoms with Gasteiger partial charge in [-0.3, -0.25) is 0 Å². The number of aliphatic hydroxyl groups excluding tert-OH is 2. The Morgan fingerprint density at radius 1 is 0.909 bits per heavy atom. The molecule has 0 amide bonds. The quantitative estimate of drug-likeness (QED) is 0.394. The first-order valence-electron chi connectivity index (χ1n) is 14.4. The molecule has 5 aliphatic rings. The Morgan fingerprint density at radius 2 is 1.58 bits per heavy atom. The highest BCUT2D eigenvalue weighted by atomic mass is 16.3. The highest BCUT2D eigenvalue weighted by Gasteiger charge is 2.66. The lowest BCUT2D eigenvalue weighted by molar-refractivity contribution is -0.182. The monoisotopic (exact) mass is 458 g/mol. The molecule has 2 heteroatoms. The summed E-state index contributed by atoms with van der Waals surface area (Å²) in [7, 11) is 0. The molecule has 33 heavy (non-hydrogen) atoms. The predicted octanol–water partition coefficient (Wildman–Crippen LogP) is 7.78. The molecule has 0 aromatic carbocycles. The van der Waals surface area contributed by atoms with Gasteiger partial charge in [0.1, 0.15) is 0 Å². The van der Waals surface area contributed by atoms with Gasteiger partial charge in [0.15, 0.2) is 0 Å². The van der Waals surface area contributed by atoms with Crippen molar-refractivity contribution in [1.29, 1.82) is 0 Å². The van der Waals surface area contributed by atoms with E-state index in [1.54, 1.807) is 5.57 Å². The topological polar surface area (TPSA) is 40.5 Å². The molecule has 190 valence electrons. The standard InChI is InChI=1S/C29H48O2.C2H6/c1-19-20-9-12-28(6)24(26(20,4)11-10-23(19)31)8-7-21-22-17-25(2,3)13-15-29(22,18-30)16-14-27(21,28)5;1-2/h7,19-20,22-24,30-31H,8-18H2,1-6H3;1-2H3. The SMILES string of the molecule is CC.CC1C(O)CCC2(C)C1CCC1(C)C2CC=C2C3CC(C)(C)CCC3(CO)CCC21C. The third kappa shape index (κ3) is 3.46. The highest BCUT2D eigenvalue weighted by molar-refractivity contribution is 5.33. The van der Waals surface area contributed by atoms with E-state index < -0.39 is 0 Å². The van der Waals surface area contributed by atoms with E-state index in [4.69, 9.17) is 0 Å². The van der Waals surface area contributed by atoms with Gasteiger partial charge < -0.3 is 10.2 Å². The minimum atomic E-state index is -0.1000. The zero-order chi connectivity index (χ0) is 24.4. The van der Waals surface area contributed by atoms with Gasteiger partial charge in [0.2, 0.25) is 0 Å². The first-order valence-corrected chi connectivity index (χ1v) is 14.4. The number of hydrogen-bond donors (Lipinski definition) is 2. The molecule has 4 saturated carbocycles. The van der Waals surface area contributed by atoms with Crippen molar-refractivity contribution in [3.05, 3.63) is 11.6 Å². The normalized spacial score (nSPS) is 52.7. The van der Waals surface area contributed by atoms with Crippen molar-refractivity contribution < 1.29 is 10.2 Å². The van der Waals surface area contributed by atoms with Crippen LogP contribution in [-0.2, 0) is 0 Å². The number of hydrogen-bond acceptors (Lipinski definition) is 2. The van der Waals surface area contributed by atoms with E-state index in [0.29, 0.717) is 40.6 Å². The summed E-state index contributed by atoms with van der Waals surface area (Å²) in [5, 5.41) is 21.2. The molecule has 5 aliphatic carbocycles. The molecule has 0 heterocycles. The van der Waals surface area contributed by atoms with E-state index in [-0.39, 0.29) is 16.9 Å². The van der Waals surface area contributed by atoms with Crippen molar-refractivity contribution in [3.63, 3.8) is 0 Å². The molecule has 5 rings (SSSR count). The zero-order valence-electron chi connectivity index (χ0n) is 23.1. The van der Waals surface area contributed by atoms with Gasteiger partial charge in [-0.15, -0.1) is 0 Å². The lowest BCUT2D eigenvalue weighted by atomic mass is 9.34. The lowest BCUT2D eigenvalue weighted by Gasteiger charge is -2.70. The van der Waals surface area contributed by atoms with Crippen molar-refractivity contribution in [2.24, 2.45) is 50.7 Å². The van der Waals surface area contributed by atoms with Crippen molar-refractivity contribution in [2.45, 2.75) is 126 Å². The van der Waals surface area contributed by atoms with Crippen LogP contribution in [0.2, 0.25) is 0 Å². The maximum absolute atomic E-state index is 10.6. The van der Waals surface area contributed by atoms with E-state index in [1.165, 1.54) is 57.8 Å². The maximum atomic E-state index is 10.6. The van der Waals surface area contributed by atoms with E-state index in [1.807, 2.05) is 13.8 Å². The molecule has 0 aromatic rings. The molecular formula is C31H54O2. The molecule has 9 unspecified atom stereocenters. The van der Waals surface area contributed by atoms with Gasteiger partial charge in [0.25, 0.3) is 0 Å². The predicted molar refractivity (Wildman–Crippen MR) is 139 cm³/mol. The summed E-state index contributed by atoms with van der Waals surface area (Å²) in [6.45, 7) is 19.5. The first-order chi connectivity index (χ1) is 15.4. The van der Waals surface area contributed by atoms with Crippen LogP contribution in [0.5, 0.6) is 0 Å². The minimum absolute atomic E-state index is 0.1000. The molecule has 0 spiro atoms. The van der Waals surface area contributed by atoms with E-state index in [0.717, 1.165) is 12.3 Å². The summed E-state index contributed by atoms with van der Waals surface area (Å²) in [5.41, 5.74) is 3.22. The summed E-state index contributed by atoms with van der Waals surface area (Å²) in [6, 6.07) is 0. The number of aliphatic hydroxyl groups is 2. The molecule has 0 aromatic heterocycles. The molecule has 2 N–H and O–H groups in total. The molecule has 0 bridgehead atoms. The Kier molecular flexibility index (Phi) is 6.52. The van der Waals surface area contributed by atoms with Gasteiger partial charge in [0.05, 0.1) is 6.10 Å². The van der Waals surface area contributed by atoms with Crippen LogP contribution in [0, 0.1) is 50.7 Å². The Labute approximate surface area is 205 Å². The summed E-state index contributed by atoms with van der Waals surface area (Å²) in [6.07, 6.45) is 14.8. The van der Waals surface area contributed by atoms with E-state index >= 15 is 0 Å². The van der Waals surface area contributed by atoms with Crippen LogP contribution in [0.1, 0.15) is 120 Å². The number of fused-ring (bicyclic) bond motifs is 7. The molecule has 4 fully saturated rings. The van der Waals surface area contributed by atoms with E-state index in [2.05, 4.69) is 47.6 Å². The second kappa shape index (κ2) is 8.36. The lowest BCUT2D eigenvalue weighted by Crippen LogP contribution is -2.63. The van der Waals surface area contributed by atoms with Crippen LogP contribution in [0.15, 0.2) is 11.6 Å². The first kappa shape index (κ1) is 25.7. The summed E-state index contributed by atoms with van der Waals surface area (Å²) in [4.78, 5) is 0. The number of rotatable bonds is 1. The van der Waals surface area contributed by atoms with Crippen molar-refractivity contribution >= 4 is 0 Å². The molecular weight excluding hydrogens is 404 g/mol. The van der Waals surface area contributed by atoms with Gasteiger partial charge >= 0.3 is 0 Å². The van der Waals surface area contributed by atoms with Crippen LogP contribution >= 0.6 is 0 Å².